The highest BCUT2D eigenvalue weighted by molar-refractivity contribution is 8.19. The summed E-state index contributed by atoms with van der Waals surface area (Å²) in [6, 6.07) is 9.33. The molecule has 1 saturated heterocycles. The molecule has 0 bridgehead atoms. The van der Waals surface area contributed by atoms with Crippen LogP contribution in [0.5, 0.6) is 0 Å². The van der Waals surface area contributed by atoms with E-state index in [1.807, 2.05) is 0 Å². The van der Waals surface area contributed by atoms with Gasteiger partial charge in [0.05, 0.1) is 4.58 Å². The van der Waals surface area contributed by atoms with E-state index in [4.69, 9.17) is 0 Å². The van der Waals surface area contributed by atoms with E-state index >= 15 is 0 Å². The summed E-state index contributed by atoms with van der Waals surface area (Å²) < 4.78 is 0.652. The van der Waals surface area contributed by atoms with Gasteiger partial charge in [0.25, 0.3) is 0 Å². The van der Waals surface area contributed by atoms with Crippen LogP contribution in [0.2, 0.25) is 0 Å². The smallest absolute Gasteiger partial charge is 0.0752 e. The summed E-state index contributed by atoms with van der Waals surface area (Å²) in [6.45, 7) is 4.34. The molecule has 1 N–H and O–H groups in total. The van der Waals surface area contributed by atoms with Crippen LogP contribution in [-0.2, 0) is 0 Å². The highest BCUT2D eigenvalue weighted by Gasteiger charge is 2.18. The van der Waals surface area contributed by atoms with Gasteiger partial charge in [0.1, 0.15) is 0 Å². The second kappa shape index (κ2) is 5.17. The first-order valence-corrected chi connectivity index (χ1v) is 7.45. The van der Waals surface area contributed by atoms with Crippen molar-refractivity contribution < 1.29 is 0 Å². The summed E-state index contributed by atoms with van der Waals surface area (Å²) in [7, 11) is 0. The molecule has 0 saturated carbocycles. The summed E-state index contributed by atoms with van der Waals surface area (Å²) in [6.07, 6.45) is 0. The SMILES string of the molecule is CC(C)Nc1cccc(C2SCCS2)c1. The molecule has 1 aromatic carbocycles. The Bertz CT molecular complexity index is 319. The minimum absolute atomic E-state index is 0.504. The van der Waals surface area contributed by atoms with E-state index in [0.29, 0.717) is 10.6 Å². The van der Waals surface area contributed by atoms with E-state index < -0.39 is 0 Å². The second-order valence-electron chi connectivity index (χ2n) is 4.00. The third-order valence-corrected chi connectivity index (χ3v) is 5.34. The number of nitrogens with one attached hydrogen (secondary N) is 1. The van der Waals surface area contributed by atoms with Crippen molar-refractivity contribution in [1.29, 1.82) is 0 Å². The Labute approximate surface area is 100 Å². The minimum atomic E-state index is 0.504. The van der Waals surface area contributed by atoms with Crippen molar-refractivity contribution in [3.63, 3.8) is 0 Å². The summed E-state index contributed by atoms with van der Waals surface area (Å²) in [4.78, 5) is 0. The Morgan fingerprint density at radius 2 is 2.00 bits per heavy atom. The Kier molecular flexibility index (Phi) is 3.87. The summed E-state index contributed by atoms with van der Waals surface area (Å²) in [5, 5.41) is 3.45. The molecule has 0 amide bonds. The van der Waals surface area contributed by atoms with Gasteiger partial charge in [-0.3, -0.25) is 0 Å². The van der Waals surface area contributed by atoms with Gasteiger partial charge in [0, 0.05) is 23.2 Å². The fourth-order valence-corrected chi connectivity index (χ4v) is 4.50. The standard InChI is InChI=1S/C12H17NS2/c1-9(2)13-11-5-3-4-10(8-11)12-14-6-7-15-12/h3-5,8-9,12-13H,6-7H2,1-2H3. The predicted molar refractivity (Wildman–Crippen MR) is 72.9 cm³/mol. The van der Waals surface area contributed by atoms with Gasteiger partial charge in [-0.2, -0.15) is 0 Å². The highest BCUT2D eigenvalue weighted by atomic mass is 32.2. The monoisotopic (exact) mass is 239 g/mol. The largest absolute Gasteiger partial charge is 0.383 e. The van der Waals surface area contributed by atoms with Crippen molar-refractivity contribution in [1.82, 2.24) is 0 Å². The second-order valence-corrected chi connectivity index (χ2v) is 6.72. The molecule has 1 nitrogen and oxygen atoms in total. The molecule has 2 rings (SSSR count). The van der Waals surface area contributed by atoms with Crippen LogP contribution in [0.3, 0.4) is 0 Å². The molecule has 1 aromatic rings. The van der Waals surface area contributed by atoms with Crippen LogP contribution < -0.4 is 5.32 Å². The van der Waals surface area contributed by atoms with E-state index in [9.17, 15) is 0 Å². The zero-order chi connectivity index (χ0) is 10.7. The van der Waals surface area contributed by atoms with Crippen molar-refractivity contribution in [2.45, 2.75) is 24.5 Å². The van der Waals surface area contributed by atoms with Crippen molar-refractivity contribution in [2.24, 2.45) is 0 Å². The van der Waals surface area contributed by atoms with Gasteiger partial charge in [-0.1, -0.05) is 12.1 Å². The van der Waals surface area contributed by atoms with Gasteiger partial charge < -0.3 is 5.32 Å². The Morgan fingerprint density at radius 3 is 2.67 bits per heavy atom. The average molecular weight is 239 g/mol. The quantitative estimate of drug-likeness (QED) is 0.856. The van der Waals surface area contributed by atoms with Crippen LogP contribution in [0.1, 0.15) is 24.0 Å². The molecular weight excluding hydrogens is 222 g/mol. The molecule has 0 atom stereocenters. The van der Waals surface area contributed by atoms with Crippen molar-refractivity contribution in [2.75, 3.05) is 16.8 Å². The molecule has 0 radical (unpaired) electrons. The first-order chi connectivity index (χ1) is 7.25. The van der Waals surface area contributed by atoms with Crippen molar-refractivity contribution >= 4 is 29.2 Å². The van der Waals surface area contributed by atoms with Gasteiger partial charge in [0.15, 0.2) is 0 Å². The van der Waals surface area contributed by atoms with Crippen LogP contribution in [0.4, 0.5) is 5.69 Å². The molecule has 1 aliphatic rings. The number of rotatable bonds is 3. The van der Waals surface area contributed by atoms with Crippen LogP contribution in [0, 0.1) is 0 Å². The molecule has 1 heterocycles. The van der Waals surface area contributed by atoms with Gasteiger partial charge >= 0.3 is 0 Å². The normalized spacial score (nSPS) is 17.3. The fraction of sp³-hybridized carbons (Fsp3) is 0.500. The van der Waals surface area contributed by atoms with E-state index in [0.717, 1.165) is 0 Å². The van der Waals surface area contributed by atoms with Gasteiger partial charge in [-0.25, -0.2) is 0 Å². The first kappa shape index (κ1) is 11.2. The summed E-state index contributed by atoms with van der Waals surface area (Å²) in [5.74, 6) is 2.58. The van der Waals surface area contributed by atoms with Gasteiger partial charge in [-0.05, 0) is 31.5 Å². The molecule has 3 heteroatoms. The first-order valence-electron chi connectivity index (χ1n) is 5.35. The molecule has 82 valence electrons. The number of hydrogen-bond acceptors (Lipinski definition) is 3. The Hall–Kier alpha value is -0.280. The molecule has 1 aliphatic heterocycles. The van der Waals surface area contributed by atoms with E-state index in [1.54, 1.807) is 0 Å². The lowest BCUT2D eigenvalue weighted by atomic mass is 10.2. The molecule has 0 unspecified atom stereocenters. The maximum absolute atomic E-state index is 3.45. The topological polar surface area (TPSA) is 12.0 Å². The maximum atomic E-state index is 3.45. The van der Waals surface area contributed by atoms with E-state index in [-0.39, 0.29) is 0 Å². The minimum Gasteiger partial charge on any atom is -0.383 e. The summed E-state index contributed by atoms with van der Waals surface area (Å²) in [5.41, 5.74) is 2.70. The highest BCUT2D eigenvalue weighted by Crippen LogP contribution is 2.45. The number of thioether (sulfide) groups is 2. The lowest BCUT2D eigenvalue weighted by Gasteiger charge is -2.13. The van der Waals surface area contributed by atoms with E-state index in [1.165, 1.54) is 22.8 Å². The molecule has 0 spiro atoms. The summed E-state index contributed by atoms with van der Waals surface area (Å²) >= 11 is 4.12. The van der Waals surface area contributed by atoms with E-state index in [2.05, 4.69) is 67.0 Å². The lowest BCUT2D eigenvalue weighted by Crippen LogP contribution is -2.09. The van der Waals surface area contributed by atoms with Crippen LogP contribution >= 0.6 is 23.5 Å². The van der Waals surface area contributed by atoms with Crippen molar-refractivity contribution in [3.8, 4) is 0 Å². The van der Waals surface area contributed by atoms with Gasteiger partial charge in [-0.15, -0.1) is 23.5 Å². The molecule has 0 aliphatic carbocycles. The number of anilines is 1. The van der Waals surface area contributed by atoms with Gasteiger partial charge in [0.2, 0.25) is 0 Å². The van der Waals surface area contributed by atoms with Crippen LogP contribution in [0.25, 0.3) is 0 Å². The zero-order valence-electron chi connectivity index (χ0n) is 9.19. The Morgan fingerprint density at radius 1 is 1.27 bits per heavy atom. The van der Waals surface area contributed by atoms with Crippen LogP contribution in [0.15, 0.2) is 24.3 Å². The fourth-order valence-electron chi connectivity index (χ4n) is 1.66. The third kappa shape index (κ3) is 3.08. The molecule has 15 heavy (non-hydrogen) atoms. The molecule has 1 fully saturated rings. The molecule has 0 aromatic heterocycles. The molecular formula is C12H17NS2. The maximum Gasteiger partial charge on any atom is 0.0752 e. The number of hydrogen-bond donors (Lipinski definition) is 1. The van der Waals surface area contributed by atoms with Crippen LogP contribution in [-0.4, -0.2) is 17.5 Å². The Balaban J connectivity index is 2.11. The number of benzene rings is 1. The lowest BCUT2D eigenvalue weighted by molar-refractivity contribution is 0.899. The third-order valence-electron chi connectivity index (χ3n) is 2.24. The zero-order valence-corrected chi connectivity index (χ0v) is 10.8. The van der Waals surface area contributed by atoms with Crippen molar-refractivity contribution in [3.05, 3.63) is 29.8 Å². The average Bonchev–Trinajstić information content (AvgIpc) is 2.69. The predicted octanol–water partition coefficient (Wildman–Crippen LogP) is 3.99.